The lowest BCUT2D eigenvalue weighted by atomic mass is 10.0. The SMILES string of the molecule is O=C(O)c1c(CN2CCC2)n(-c2ccccc2)c(=O)c2ccccc12. The van der Waals surface area contributed by atoms with Crippen molar-refractivity contribution >= 4 is 16.7 Å². The van der Waals surface area contributed by atoms with Crippen molar-refractivity contribution in [3.05, 3.63) is 76.2 Å². The molecule has 2 aromatic carbocycles. The zero-order valence-electron chi connectivity index (χ0n) is 13.7. The Bertz CT molecular complexity index is 1000. The van der Waals surface area contributed by atoms with Crippen LogP contribution < -0.4 is 5.56 Å². The number of carboxylic acid groups (broad SMARTS) is 1. The molecule has 1 aromatic heterocycles. The van der Waals surface area contributed by atoms with E-state index >= 15 is 0 Å². The Morgan fingerprint density at radius 1 is 0.960 bits per heavy atom. The fourth-order valence-electron chi connectivity index (χ4n) is 3.39. The first-order chi connectivity index (χ1) is 12.2. The van der Waals surface area contributed by atoms with E-state index < -0.39 is 5.97 Å². The zero-order chi connectivity index (χ0) is 17.4. The van der Waals surface area contributed by atoms with Gasteiger partial charge in [-0.25, -0.2) is 4.79 Å². The molecule has 0 saturated carbocycles. The highest BCUT2D eigenvalue weighted by Gasteiger charge is 2.25. The van der Waals surface area contributed by atoms with E-state index in [-0.39, 0.29) is 11.1 Å². The number of likely N-dealkylation sites (tertiary alicyclic amines) is 1. The normalized spacial score (nSPS) is 14.4. The number of rotatable bonds is 4. The molecule has 0 amide bonds. The molecule has 5 heteroatoms. The maximum Gasteiger partial charge on any atom is 0.338 e. The summed E-state index contributed by atoms with van der Waals surface area (Å²) in [4.78, 5) is 27.4. The predicted octanol–water partition coefficient (Wildman–Crippen LogP) is 2.89. The van der Waals surface area contributed by atoms with E-state index in [9.17, 15) is 14.7 Å². The van der Waals surface area contributed by atoms with Crippen molar-refractivity contribution in [2.75, 3.05) is 13.1 Å². The number of carbonyl (C=O) groups is 1. The van der Waals surface area contributed by atoms with Gasteiger partial charge >= 0.3 is 5.97 Å². The minimum Gasteiger partial charge on any atom is -0.478 e. The van der Waals surface area contributed by atoms with Crippen molar-refractivity contribution < 1.29 is 9.90 Å². The highest BCUT2D eigenvalue weighted by atomic mass is 16.4. The van der Waals surface area contributed by atoms with Gasteiger partial charge in [0.05, 0.1) is 11.3 Å². The van der Waals surface area contributed by atoms with Gasteiger partial charge in [0.1, 0.15) is 0 Å². The average molecular weight is 334 g/mol. The van der Waals surface area contributed by atoms with Gasteiger partial charge in [0.25, 0.3) is 5.56 Å². The number of nitrogens with zero attached hydrogens (tertiary/aromatic N) is 2. The number of hydrogen-bond donors (Lipinski definition) is 1. The monoisotopic (exact) mass is 334 g/mol. The lowest BCUT2D eigenvalue weighted by Gasteiger charge is -2.32. The summed E-state index contributed by atoms with van der Waals surface area (Å²) < 4.78 is 1.56. The summed E-state index contributed by atoms with van der Waals surface area (Å²) in [6.07, 6.45) is 1.10. The molecule has 4 rings (SSSR count). The second-order valence-electron chi connectivity index (χ2n) is 6.28. The molecule has 2 heterocycles. The van der Waals surface area contributed by atoms with Gasteiger partial charge in [0.2, 0.25) is 0 Å². The number of aromatic carboxylic acids is 1. The van der Waals surface area contributed by atoms with E-state index in [1.165, 1.54) is 0 Å². The van der Waals surface area contributed by atoms with Crippen LogP contribution in [-0.2, 0) is 6.54 Å². The van der Waals surface area contributed by atoms with Crippen molar-refractivity contribution in [1.82, 2.24) is 9.47 Å². The molecule has 1 aliphatic heterocycles. The van der Waals surface area contributed by atoms with Crippen LogP contribution in [0.2, 0.25) is 0 Å². The molecular formula is C20H18N2O3. The molecule has 0 aliphatic carbocycles. The lowest BCUT2D eigenvalue weighted by Crippen LogP contribution is -2.39. The number of benzene rings is 2. The Labute approximate surface area is 144 Å². The van der Waals surface area contributed by atoms with Gasteiger partial charge < -0.3 is 5.11 Å². The van der Waals surface area contributed by atoms with Gasteiger partial charge in [-0.15, -0.1) is 0 Å². The van der Waals surface area contributed by atoms with Crippen LogP contribution in [0.5, 0.6) is 0 Å². The summed E-state index contributed by atoms with van der Waals surface area (Å²) in [5.74, 6) is -1.00. The third-order valence-corrected chi connectivity index (χ3v) is 4.74. The Hall–Kier alpha value is -2.92. The number of fused-ring (bicyclic) bond motifs is 1. The highest BCUT2D eigenvalue weighted by molar-refractivity contribution is 6.04. The summed E-state index contributed by atoms with van der Waals surface area (Å²) in [6.45, 7) is 2.31. The van der Waals surface area contributed by atoms with E-state index in [1.54, 1.807) is 28.8 Å². The summed E-state index contributed by atoms with van der Waals surface area (Å²) in [5.41, 5.74) is 1.27. The highest BCUT2D eigenvalue weighted by Crippen LogP contribution is 2.25. The van der Waals surface area contributed by atoms with Crippen molar-refractivity contribution in [3.63, 3.8) is 0 Å². The molecular weight excluding hydrogens is 316 g/mol. The van der Waals surface area contributed by atoms with E-state index in [4.69, 9.17) is 0 Å². The first-order valence-electron chi connectivity index (χ1n) is 8.34. The molecule has 25 heavy (non-hydrogen) atoms. The molecule has 5 nitrogen and oxygen atoms in total. The maximum absolute atomic E-state index is 13.2. The molecule has 0 unspecified atom stereocenters. The predicted molar refractivity (Wildman–Crippen MR) is 96.4 cm³/mol. The van der Waals surface area contributed by atoms with Gasteiger partial charge in [-0.1, -0.05) is 36.4 Å². The number of pyridine rings is 1. The van der Waals surface area contributed by atoms with E-state index in [0.29, 0.717) is 28.7 Å². The van der Waals surface area contributed by atoms with Crippen LogP contribution >= 0.6 is 0 Å². The van der Waals surface area contributed by atoms with E-state index in [0.717, 1.165) is 19.5 Å². The topological polar surface area (TPSA) is 62.5 Å². The van der Waals surface area contributed by atoms with Gasteiger partial charge in [-0.2, -0.15) is 0 Å². The zero-order valence-corrected chi connectivity index (χ0v) is 13.7. The van der Waals surface area contributed by atoms with Crippen LogP contribution in [0.15, 0.2) is 59.4 Å². The first kappa shape index (κ1) is 15.6. The molecule has 1 aliphatic rings. The van der Waals surface area contributed by atoms with E-state index in [2.05, 4.69) is 4.90 Å². The van der Waals surface area contributed by atoms with Crippen molar-refractivity contribution in [1.29, 1.82) is 0 Å². The van der Waals surface area contributed by atoms with Gasteiger partial charge in [0.15, 0.2) is 0 Å². The molecule has 0 spiro atoms. The molecule has 0 bridgehead atoms. The quantitative estimate of drug-likeness (QED) is 0.797. The number of carboxylic acids is 1. The smallest absolute Gasteiger partial charge is 0.338 e. The number of para-hydroxylation sites is 1. The second-order valence-corrected chi connectivity index (χ2v) is 6.28. The summed E-state index contributed by atoms with van der Waals surface area (Å²) in [7, 11) is 0. The molecule has 1 N–H and O–H groups in total. The second kappa shape index (κ2) is 6.18. The molecule has 1 fully saturated rings. The Morgan fingerprint density at radius 3 is 2.20 bits per heavy atom. The van der Waals surface area contributed by atoms with Crippen molar-refractivity contribution in [3.8, 4) is 5.69 Å². The first-order valence-corrected chi connectivity index (χ1v) is 8.34. The minimum absolute atomic E-state index is 0.178. The summed E-state index contributed by atoms with van der Waals surface area (Å²) >= 11 is 0. The Balaban J connectivity index is 2.10. The maximum atomic E-state index is 13.2. The van der Waals surface area contributed by atoms with Crippen LogP contribution in [0, 0.1) is 0 Å². The van der Waals surface area contributed by atoms with Gasteiger partial charge in [0, 0.05) is 23.0 Å². The Morgan fingerprint density at radius 2 is 1.60 bits per heavy atom. The van der Waals surface area contributed by atoms with Crippen LogP contribution in [0.25, 0.3) is 16.5 Å². The third kappa shape index (κ3) is 2.62. The van der Waals surface area contributed by atoms with Gasteiger partial charge in [-0.3, -0.25) is 14.3 Å². The third-order valence-electron chi connectivity index (χ3n) is 4.74. The number of aromatic nitrogens is 1. The van der Waals surface area contributed by atoms with E-state index in [1.807, 2.05) is 30.3 Å². The molecule has 0 radical (unpaired) electrons. The molecule has 0 atom stereocenters. The molecule has 3 aromatic rings. The summed E-state index contributed by atoms with van der Waals surface area (Å²) in [6, 6.07) is 16.2. The fourth-order valence-corrected chi connectivity index (χ4v) is 3.39. The van der Waals surface area contributed by atoms with Crippen LogP contribution in [0.3, 0.4) is 0 Å². The largest absolute Gasteiger partial charge is 0.478 e. The van der Waals surface area contributed by atoms with Crippen LogP contribution in [0.1, 0.15) is 22.5 Å². The lowest BCUT2D eigenvalue weighted by molar-refractivity contribution is 0.0694. The molecule has 126 valence electrons. The van der Waals surface area contributed by atoms with Crippen LogP contribution in [-0.4, -0.2) is 33.6 Å². The van der Waals surface area contributed by atoms with Crippen LogP contribution in [0.4, 0.5) is 0 Å². The van der Waals surface area contributed by atoms with Crippen molar-refractivity contribution in [2.45, 2.75) is 13.0 Å². The fraction of sp³-hybridized carbons (Fsp3) is 0.200. The minimum atomic E-state index is -1.00. The van der Waals surface area contributed by atoms with Crippen molar-refractivity contribution in [2.24, 2.45) is 0 Å². The number of hydrogen-bond acceptors (Lipinski definition) is 3. The Kier molecular flexibility index (Phi) is 3.86. The van der Waals surface area contributed by atoms with Gasteiger partial charge in [-0.05, 0) is 37.7 Å². The standard InChI is InChI=1S/C20H18N2O3/c23-19-16-10-5-4-9-15(16)18(20(24)25)17(13-21-11-6-12-21)22(19)14-7-2-1-3-8-14/h1-5,7-10H,6,11-13H2,(H,24,25). The molecule has 1 saturated heterocycles. The average Bonchev–Trinajstić information content (AvgIpc) is 2.59. The summed E-state index contributed by atoms with van der Waals surface area (Å²) in [5, 5.41) is 10.8.